The van der Waals surface area contributed by atoms with Crippen LogP contribution in [0.4, 0.5) is 17.1 Å². The minimum Gasteiger partial charge on any atom is -0.456 e. The third kappa shape index (κ3) is 4.61. The van der Waals surface area contributed by atoms with Gasteiger partial charge in [-0.05, 0) is 87.9 Å². The van der Waals surface area contributed by atoms with Crippen LogP contribution in [0.1, 0.15) is 0 Å². The topological polar surface area (TPSA) is 21.3 Å². The van der Waals surface area contributed by atoms with E-state index < -0.39 is 0 Å². The molecule has 2 aromatic heterocycles. The lowest BCUT2D eigenvalue weighted by atomic mass is 9.96. The van der Waals surface area contributed by atoms with Crippen molar-refractivity contribution in [2.75, 3.05) is 4.90 Å². The van der Waals surface area contributed by atoms with Gasteiger partial charge in [0.05, 0.1) is 16.7 Å². The number of benzene rings is 9. The number of anilines is 3. The van der Waals surface area contributed by atoms with E-state index in [2.05, 4.69) is 204 Å². The molecule has 0 atom stereocenters. The lowest BCUT2D eigenvalue weighted by molar-refractivity contribution is 0.669. The molecule has 0 bridgehead atoms. The first-order valence-electron chi connectivity index (χ1n) is 18.1. The fourth-order valence-electron chi connectivity index (χ4n) is 8.40. The summed E-state index contributed by atoms with van der Waals surface area (Å²) in [5.41, 5.74) is 10.9. The van der Waals surface area contributed by atoms with Gasteiger partial charge in [-0.25, -0.2) is 0 Å². The van der Waals surface area contributed by atoms with E-state index in [1.807, 2.05) is 0 Å². The molecule has 3 heteroatoms. The molecular formula is C50H32N2O. The monoisotopic (exact) mass is 676 g/mol. The Hall–Kier alpha value is -7.10. The molecule has 0 unspecified atom stereocenters. The Bertz CT molecular complexity index is 3170. The van der Waals surface area contributed by atoms with Gasteiger partial charge in [0.2, 0.25) is 0 Å². The molecule has 0 fully saturated rings. The largest absolute Gasteiger partial charge is 0.456 e. The number of nitrogens with zero attached hydrogens (tertiary/aromatic N) is 2. The highest BCUT2D eigenvalue weighted by atomic mass is 16.3. The van der Waals surface area contributed by atoms with Gasteiger partial charge in [0, 0.05) is 50.1 Å². The fourth-order valence-corrected chi connectivity index (χ4v) is 8.40. The van der Waals surface area contributed by atoms with Crippen molar-refractivity contribution in [2.45, 2.75) is 0 Å². The van der Waals surface area contributed by atoms with Crippen molar-refractivity contribution in [3.05, 3.63) is 194 Å². The van der Waals surface area contributed by atoms with Gasteiger partial charge in [-0.3, -0.25) is 0 Å². The highest BCUT2D eigenvalue weighted by Gasteiger charge is 2.21. The van der Waals surface area contributed by atoms with E-state index >= 15 is 0 Å². The second-order valence-corrected chi connectivity index (χ2v) is 13.7. The standard InChI is InChI=1S/C50H32N2O/c1-3-13-33(14-4-1)38-27-29-46(41-20-10-9-19-40(38)41)51(37-24-26-43-49(32-37)53-48-30-23-34-15-7-8-18-39(34)50(43)48)36-25-28-47-44(31-36)42-21-11-12-22-45(42)52(47)35-16-5-2-6-17-35/h1-32H. The summed E-state index contributed by atoms with van der Waals surface area (Å²) in [5.74, 6) is 0. The molecule has 0 aliphatic rings. The van der Waals surface area contributed by atoms with Crippen LogP contribution in [0.25, 0.3) is 82.1 Å². The molecular weight excluding hydrogens is 645 g/mol. The van der Waals surface area contributed by atoms with Gasteiger partial charge in [-0.15, -0.1) is 0 Å². The molecule has 11 rings (SSSR count). The summed E-state index contributed by atoms with van der Waals surface area (Å²) in [5, 5.41) is 9.49. The minimum atomic E-state index is 0.867. The third-order valence-electron chi connectivity index (χ3n) is 10.8. The first-order valence-corrected chi connectivity index (χ1v) is 18.1. The van der Waals surface area contributed by atoms with Crippen LogP contribution in [0, 0.1) is 0 Å². The molecule has 11 aromatic rings. The van der Waals surface area contributed by atoms with Crippen molar-refractivity contribution >= 4 is 82.4 Å². The smallest absolute Gasteiger partial charge is 0.137 e. The summed E-state index contributed by atoms with van der Waals surface area (Å²) in [6.45, 7) is 0. The van der Waals surface area contributed by atoms with Crippen LogP contribution in [0.5, 0.6) is 0 Å². The normalized spacial score (nSPS) is 11.8. The maximum atomic E-state index is 6.64. The number of hydrogen-bond donors (Lipinski definition) is 0. The average molecular weight is 677 g/mol. The lowest BCUT2D eigenvalue weighted by Gasteiger charge is -2.27. The highest BCUT2D eigenvalue weighted by molar-refractivity contribution is 6.19. The maximum Gasteiger partial charge on any atom is 0.137 e. The molecule has 53 heavy (non-hydrogen) atoms. The molecule has 0 aliphatic heterocycles. The first kappa shape index (κ1) is 29.6. The van der Waals surface area contributed by atoms with E-state index in [1.165, 1.54) is 54.5 Å². The molecule has 2 heterocycles. The second-order valence-electron chi connectivity index (χ2n) is 13.7. The number of hydrogen-bond acceptors (Lipinski definition) is 2. The number of fused-ring (bicyclic) bond motifs is 9. The summed E-state index contributed by atoms with van der Waals surface area (Å²) in [7, 11) is 0. The molecule has 0 saturated heterocycles. The maximum absolute atomic E-state index is 6.64. The van der Waals surface area contributed by atoms with Crippen LogP contribution in [0.2, 0.25) is 0 Å². The van der Waals surface area contributed by atoms with Crippen LogP contribution < -0.4 is 4.90 Å². The van der Waals surface area contributed by atoms with Crippen molar-refractivity contribution in [3.8, 4) is 16.8 Å². The van der Waals surface area contributed by atoms with Gasteiger partial charge in [0.1, 0.15) is 11.2 Å². The van der Waals surface area contributed by atoms with Gasteiger partial charge in [-0.1, -0.05) is 127 Å². The molecule has 0 amide bonds. The van der Waals surface area contributed by atoms with Gasteiger partial charge in [0.15, 0.2) is 0 Å². The van der Waals surface area contributed by atoms with Gasteiger partial charge < -0.3 is 13.9 Å². The Morgan fingerprint density at radius 3 is 1.91 bits per heavy atom. The zero-order chi connectivity index (χ0) is 34.9. The van der Waals surface area contributed by atoms with Crippen LogP contribution in [0.15, 0.2) is 199 Å². The van der Waals surface area contributed by atoms with Crippen LogP contribution in [-0.4, -0.2) is 4.57 Å². The van der Waals surface area contributed by atoms with Gasteiger partial charge in [0.25, 0.3) is 0 Å². The van der Waals surface area contributed by atoms with Crippen LogP contribution >= 0.6 is 0 Å². The molecule has 0 N–H and O–H groups in total. The van der Waals surface area contributed by atoms with Crippen molar-refractivity contribution in [3.63, 3.8) is 0 Å². The highest BCUT2D eigenvalue weighted by Crippen LogP contribution is 2.45. The molecule has 9 aromatic carbocycles. The average Bonchev–Trinajstić information content (AvgIpc) is 3.77. The second kappa shape index (κ2) is 11.7. The SMILES string of the molecule is c1ccc(-c2ccc(N(c3ccc4c(c3)oc3ccc5ccccc5c34)c3ccc4c(c3)c3ccccc3n4-c3ccccc3)c3ccccc23)cc1. The Morgan fingerprint density at radius 1 is 0.396 bits per heavy atom. The number of furan rings is 1. The van der Waals surface area contributed by atoms with E-state index in [0.717, 1.165) is 44.7 Å². The zero-order valence-electron chi connectivity index (χ0n) is 28.8. The molecule has 0 radical (unpaired) electrons. The predicted molar refractivity (Wildman–Crippen MR) is 223 cm³/mol. The Morgan fingerprint density at radius 2 is 1.06 bits per heavy atom. The molecule has 0 spiro atoms. The van der Waals surface area contributed by atoms with E-state index in [9.17, 15) is 0 Å². The molecule has 0 aliphatic carbocycles. The molecule has 248 valence electrons. The van der Waals surface area contributed by atoms with E-state index in [1.54, 1.807) is 0 Å². The van der Waals surface area contributed by atoms with Crippen molar-refractivity contribution in [1.82, 2.24) is 4.57 Å². The van der Waals surface area contributed by atoms with Crippen molar-refractivity contribution in [2.24, 2.45) is 0 Å². The van der Waals surface area contributed by atoms with Gasteiger partial charge >= 0.3 is 0 Å². The number of rotatable bonds is 5. The van der Waals surface area contributed by atoms with E-state index in [-0.39, 0.29) is 0 Å². The Labute approximate surface area is 306 Å². The fraction of sp³-hybridized carbons (Fsp3) is 0. The van der Waals surface area contributed by atoms with E-state index in [0.29, 0.717) is 0 Å². The first-order chi connectivity index (χ1) is 26.3. The van der Waals surface area contributed by atoms with Crippen LogP contribution in [-0.2, 0) is 0 Å². The van der Waals surface area contributed by atoms with Gasteiger partial charge in [-0.2, -0.15) is 0 Å². The Balaban J connectivity index is 1.18. The summed E-state index contributed by atoms with van der Waals surface area (Å²) in [6.07, 6.45) is 0. The molecule has 3 nitrogen and oxygen atoms in total. The number of aromatic nitrogens is 1. The number of para-hydroxylation sites is 2. The van der Waals surface area contributed by atoms with Crippen molar-refractivity contribution < 1.29 is 4.42 Å². The molecule has 0 saturated carbocycles. The quantitative estimate of drug-likeness (QED) is 0.181. The zero-order valence-corrected chi connectivity index (χ0v) is 28.8. The summed E-state index contributed by atoms with van der Waals surface area (Å²) in [6, 6.07) is 69.7. The van der Waals surface area contributed by atoms with Crippen LogP contribution in [0.3, 0.4) is 0 Å². The minimum absolute atomic E-state index is 0.867. The van der Waals surface area contributed by atoms with Crippen molar-refractivity contribution in [1.29, 1.82) is 0 Å². The lowest BCUT2D eigenvalue weighted by Crippen LogP contribution is -2.10. The summed E-state index contributed by atoms with van der Waals surface area (Å²) >= 11 is 0. The summed E-state index contributed by atoms with van der Waals surface area (Å²) in [4.78, 5) is 2.40. The van der Waals surface area contributed by atoms with E-state index in [4.69, 9.17) is 4.42 Å². The third-order valence-corrected chi connectivity index (χ3v) is 10.8. The Kier molecular flexibility index (Phi) is 6.55. The predicted octanol–water partition coefficient (Wildman–Crippen LogP) is 14.1. The summed E-state index contributed by atoms with van der Waals surface area (Å²) < 4.78 is 9.01.